The van der Waals surface area contributed by atoms with E-state index in [0.717, 1.165) is 30.1 Å². The number of oxazole rings is 1. The van der Waals surface area contributed by atoms with Crippen LogP contribution < -0.4 is 0 Å². The Morgan fingerprint density at radius 3 is 3.11 bits per heavy atom. The fraction of sp³-hybridized carbons (Fsp3) is 0.462. The molecule has 5 nitrogen and oxygen atoms in total. The van der Waals surface area contributed by atoms with Gasteiger partial charge in [-0.15, -0.1) is 0 Å². The van der Waals surface area contributed by atoms with Gasteiger partial charge in [0.05, 0.1) is 25.9 Å². The SMILES string of the molecule is OCC1CN(Cc2nc3ccccc3o2)CCO1. The summed E-state index contributed by atoms with van der Waals surface area (Å²) in [6, 6.07) is 7.75. The van der Waals surface area contributed by atoms with Crippen LogP contribution in [0.1, 0.15) is 5.89 Å². The minimum absolute atomic E-state index is 0.0596. The summed E-state index contributed by atoms with van der Waals surface area (Å²) in [4.78, 5) is 6.64. The molecule has 0 radical (unpaired) electrons. The quantitative estimate of drug-likeness (QED) is 0.878. The topological polar surface area (TPSA) is 58.7 Å². The van der Waals surface area contributed by atoms with Gasteiger partial charge < -0.3 is 14.3 Å². The molecule has 0 bridgehead atoms. The van der Waals surface area contributed by atoms with E-state index < -0.39 is 0 Å². The lowest BCUT2D eigenvalue weighted by Crippen LogP contribution is -2.43. The molecule has 18 heavy (non-hydrogen) atoms. The molecule has 0 aliphatic carbocycles. The molecule has 0 saturated carbocycles. The second kappa shape index (κ2) is 5.06. The first-order valence-electron chi connectivity index (χ1n) is 6.14. The van der Waals surface area contributed by atoms with Crippen LogP contribution in [0.15, 0.2) is 28.7 Å². The number of rotatable bonds is 3. The smallest absolute Gasteiger partial charge is 0.209 e. The van der Waals surface area contributed by atoms with Crippen LogP contribution in [0.3, 0.4) is 0 Å². The van der Waals surface area contributed by atoms with Crippen LogP contribution >= 0.6 is 0 Å². The van der Waals surface area contributed by atoms with Crippen LogP contribution in [-0.4, -0.2) is 47.4 Å². The molecule has 1 saturated heterocycles. The standard InChI is InChI=1S/C13H16N2O3/c16-9-10-7-15(5-6-17-10)8-13-14-11-3-1-2-4-12(11)18-13/h1-4,10,16H,5-9H2. The van der Waals surface area contributed by atoms with Crippen molar-refractivity contribution in [2.75, 3.05) is 26.3 Å². The van der Waals surface area contributed by atoms with Gasteiger partial charge in [0, 0.05) is 13.1 Å². The van der Waals surface area contributed by atoms with Crippen molar-refractivity contribution in [1.82, 2.24) is 9.88 Å². The Kier molecular flexibility index (Phi) is 3.27. The molecule has 1 fully saturated rings. The van der Waals surface area contributed by atoms with E-state index in [-0.39, 0.29) is 12.7 Å². The van der Waals surface area contributed by atoms with Crippen molar-refractivity contribution < 1.29 is 14.3 Å². The molecule has 1 aromatic carbocycles. The zero-order valence-electron chi connectivity index (χ0n) is 10.1. The molecule has 1 N–H and O–H groups in total. The highest BCUT2D eigenvalue weighted by atomic mass is 16.5. The molecule has 2 aromatic rings. The van der Waals surface area contributed by atoms with Gasteiger partial charge in [0.1, 0.15) is 5.52 Å². The molecule has 5 heteroatoms. The molecule has 1 aromatic heterocycles. The molecule has 3 rings (SSSR count). The maximum Gasteiger partial charge on any atom is 0.209 e. The molecule has 0 spiro atoms. The zero-order valence-corrected chi connectivity index (χ0v) is 10.1. The van der Waals surface area contributed by atoms with Gasteiger partial charge in [-0.2, -0.15) is 0 Å². The number of fused-ring (bicyclic) bond motifs is 1. The summed E-state index contributed by atoms with van der Waals surface area (Å²) in [7, 11) is 0. The molecule has 96 valence electrons. The summed E-state index contributed by atoms with van der Waals surface area (Å²) in [5.74, 6) is 0.717. The molecule has 0 amide bonds. The Labute approximate surface area is 105 Å². The molecule has 1 aliphatic heterocycles. The summed E-state index contributed by atoms with van der Waals surface area (Å²) in [6.07, 6.45) is -0.0943. The van der Waals surface area contributed by atoms with Crippen LogP contribution in [0.5, 0.6) is 0 Å². The third-order valence-corrected chi connectivity index (χ3v) is 3.12. The molecule has 2 heterocycles. The van der Waals surface area contributed by atoms with Crippen LogP contribution in [0.4, 0.5) is 0 Å². The number of aliphatic hydroxyl groups excluding tert-OH is 1. The van der Waals surface area contributed by atoms with Crippen molar-refractivity contribution in [2.24, 2.45) is 0 Å². The van der Waals surface area contributed by atoms with Crippen LogP contribution in [0, 0.1) is 0 Å². The van der Waals surface area contributed by atoms with Crippen LogP contribution in [-0.2, 0) is 11.3 Å². The summed E-state index contributed by atoms with van der Waals surface area (Å²) in [5, 5.41) is 9.10. The Hall–Kier alpha value is -1.43. The first kappa shape index (κ1) is 11.6. The highest BCUT2D eigenvalue weighted by molar-refractivity contribution is 5.72. The van der Waals surface area contributed by atoms with Gasteiger partial charge in [-0.05, 0) is 12.1 Å². The predicted molar refractivity (Wildman–Crippen MR) is 66.1 cm³/mol. The lowest BCUT2D eigenvalue weighted by Gasteiger charge is -2.30. The van der Waals surface area contributed by atoms with Gasteiger partial charge in [0.15, 0.2) is 5.58 Å². The second-order valence-electron chi connectivity index (χ2n) is 4.49. The van der Waals surface area contributed by atoms with Crippen molar-refractivity contribution in [3.8, 4) is 0 Å². The van der Waals surface area contributed by atoms with Gasteiger partial charge >= 0.3 is 0 Å². The minimum Gasteiger partial charge on any atom is -0.439 e. The van der Waals surface area contributed by atoms with Crippen molar-refractivity contribution in [3.63, 3.8) is 0 Å². The summed E-state index contributed by atoms with van der Waals surface area (Å²) >= 11 is 0. The van der Waals surface area contributed by atoms with E-state index in [4.69, 9.17) is 14.3 Å². The third kappa shape index (κ3) is 2.38. The van der Waals surface area contributed by atoms with Crippen LogP contribution in [0.25, 0.3) is 11.1 Å². The van der Waals surface area contributed by atoms with E-state index in [2.05, 4.69) is 9.88 Å². The maximum absolute atomic E-state index is 9.10. The monoisotopic (exact) mass is 248 g/mol. The second-order valence-corrected chi connectivity index (χ2v) is 4.49. The minimum atomic E-state index is -0.0943. The number of aromatic nitrogens is 1. The summed E-state index contributed by atoms with van der Waals surface area (Å²) in [5.41, 5.74) is 1.71. The molecular weight excluding hydrogens is 232 g/mol. The lowest BCUT2D eigenvalue weighted by atomic mass is 10.3. The van der Waals surface area contributed by atoms with Crippen molar-refractivity contribution in [3.05, 3.63) is 30.2 Å². The van der Waals surface area contributed by atoms with Gasteiger partial charge in [-0.1, -0.05) is 12.1 Å². The number of nitrogens with zero attached hydrogens (tertiary/aromatic N) is 2. The van der Waals surface area contributed by atoms with E-state index in [0.29, 0.717) is 13.2 Å². The first-order chi connectivity index (χ1) is 8.85. The van der Waals surface area contributed by atoms with E-state index in [1.165, 1.54) is 0 Å². The third-order valence-electron chi connectivity index (χ3n) is 3.12. The zero-order chi connectivity index (χ0) is 12.4. The van der Waals surface area contributed by atoms with Gasteiger partial charge in [-0.25, -0.2) is 4.98 Å². The maximum atomic E-state index is 9.10. The van der Waals surface area contributed by atoms with Crippen LogP contribution in [0.2, 0.25) is 0 Å². The average Bonchev–Trinajstić information content (AvgIpc) is 2.81. The Balaban J connectivity index is 1.71. The van der Waals surface area contributed by atoms with E-state index in [1.807, 2.05) is 24.3 Å². The van der Waals surface area contributed by atoms with Crippen molar-refractivity contribution >= 4 is 11.1 Å². The fourth-order valence-corrected chi connectivity index (χ4v) is 2.21. The van der Waals surface area contributed by atoms with Gasteiger partial charge in [0.2, 0.25) is 5.89 Å². The number of aliphatic hydroxyl groups is 1. The number of benzene rings is 1. The average molecular weight is 248 g/mol. The molecule has 1 unspecified atom stereocenters. The van der Waals surface area contributed by atoms with Crippen molar-refractivity contribution in [1.29, 1.82) is 0 Å². The lowest BCUT2D eigenvalue weighted by molar-refractivity contribution is -0.0567. The number of hydrogen-bond acceptors (Lipinski definition) is 5. The van der Waals surface area contributed by atoms with Crippen molar-refractivity contribution in [2.45, 2.75) is 12.6 Å². The summed E-state index contributed by atoms with van der Waals surface area (Å²) in [6.45, 7) is 2.93. The van der Waals surface area contributed by atoms with Gasteiger partial charge in [0.25, 0.3) is 0 Å². The normalized spacial score (nSPS) is 21.5. The highest BCUT2D eigenvalue weighted by Crippen LogP contribution is 2.17. The summed E-state index contributed by atoms with van der Waals surface area (Å²) < 4.78 is 11.1. The Morgan fingerprint density at radius 2 is 2.28 bits per heavy atom. The van der Waals surface area contributed by atoms with Gasteiger partial charge in [-0.3, -0.25) is 4.90 Å². The predicted octanol–water partition coefficient (Wildman–Crippen LogP) is 1.02. The van der Waals surface area contributed by atoms with E-state index in [9.17, 15) is 0 Å². The Bertz CT molecular complexity index is 493. The highest BCUT2D eigenvalue weighted by Gasteiger charge is 2.21. The number of hydrogen-bond donors (Lipinski definition) is 1. The Morgan fingerprint density at radius 1 is 1.39 bits per heavy atom. The van der Waals surface area contributed by atoms with E-state index >= 15 is 0 Å². The first-order valence-corrected chi connectivity index (χ1v) is 6.14. The number of para-hydroxylation sites is 2. The number of ether oxygens (including phenoxy) is 1. The molecular formula is C13H16N2O3. The molecule has 1 aliphatic rings. The largest absolute Gasteiger partial charge is 0.439 e. The van der Waals surface area contributed by atoms with E-state index in [1.54, 1.807) is 0 Å². The fourth-order valence-electron chi connectivity index (χ4n) is 2.21. The molecule has 1 atom stereocenters. The number of morpholine rings is 1.